The number of fused-ring (bicyclic) bond motifs is 1. The first-order valence-electron chi connectivity index (χ1n) is 8.24. The van der Waals surface area contributed by atoms with E-state index < -0.39 is 10.0 Å². The van der Waals surface area contributed by atoms with Crippen LogP contribution < -0.4 is 4.72 Å². The molecule has 0 radical (unpaired) electrons. The van der Waals surface area contributed by atoms with Crippen molar-refractivity contribution in [2.75, 3.05) is 4.72 Å². The highest BCUT2D eigenvalue weighted by molar-refractivity contribution is 7.92. The van der Waals surface area contributed by atoms with E-state index in [0.29, 0.717) is 21.9 Å². The molecule has 3 aromatic carbocycles. The number of hydrogen-bond acceptors (Lipinski definition) is 4. The molecule has 0 amide bonds. The fourth-order valence-electron chi connectivity index (χ4n) is 2.89. The molecule has 28 heavy (non-hydrogen) atoms. The molecule has 0 aliphatic carbocycles. The van der Waals surface area contributed by atoms with Crippen LogP contribution in [0.1, 0.15) is 5.56 Å². The predicted molar refractivity (Wildman–Crippen MR) is 109 cm³/mol. The summed E-state index contributed by atoms with van der Waals surface area (Å²) in [5.41, 5.74) is 2.80. The number of aromatic amines is 1. The van der Waals surface area contributed by atoms with Gasteiger partial charge in [-0.15, -0.1) is 0 Å². The van der Waals surface area contributed by atoms with Crippen LogP contribution >= 0.6 is 11.6 Å². The number of anilines is 1. The third-order valence-corrected chi connectivity index (χ3v) is 5.93. The van der Waals surface area contributed by atoms with Gasteiger partial charge in [0, 0.05) is 10.9 Å². The molecular weight excluding hydrogens is 396 g/mol. The van der Waals surface area contributed by atoms with Crippen LogP contribution in [0.15, 0.2) is 71.6 Å². The minimum atomic E-state index is -3.82. The smallest absolute Gasteiger partial charge is 0.261 e. The van der Waals surface area contributed by atoms with Gasteiger partial charge in [-0.2, -0.15) is 10.4 Å². The summed E-state index contributed by atoms with van der Waals surface area (Å²) in [5, 5.41) is 17.6. The van der Waals surface area contributed by atoms with Gasteiger partial charge < -0.3 is 0 Å². The third-order valence-electron chi connectivity index (χ3n) is 4.22. The van der Waals surface area contributed by atoms with Gasteiger partial charge in [0.2, 0.25) is 0 Å². The van der Waals surface area contributed by atoms with Crippen LogP contribution in [0.3, 0.4) is 0 Å². The number of H-pyrrole nitrogens is 1. The van der Waals surface area contributed by atoms with Crippen LogP contribution in [0.4, 0.5) is 5.69 Å². The molecule has 2 N–H and O–H groups in total. The van der Waals surface area contributed by atoms with Gasteiger partial charge in [-0.3, -0.25) is 9.82 Å². The molecule has 138 valence electrons. The summed E-state index contributed by atoms with van der Waals surface area (Å²) in [7, 11) is -3.82. The summed E-state index contributed by atoms with van der Waals surface area (Å²) in [6.07, 6.45) is 0. The minimum Gasteiger partial charge on any atom is -0.280 e. The monoisotopic (exact) mass is 408 g/mol. The Bertz CT molecular complexity index is 1340. The lowest BCUT2D eigenvalue weighted by atomic mass is 10.1. The van der Waals surface area contributed by atoms with Crippen molar-refractivity contribution in [2.24, 2.45) is 0 Å². The van der Waals surface area contributed by atoms with Crippen molar-refractivity contribution in [3.63, 3.8) is 0 Å². The van der Waals surface area contributed by atoms with Crippen molar-refractivity contribution in [3.05, 3.63) is 77.3 Å². The van der Waals surface area contributed by atoms with Gasteiger partial charge in [0.25, 0.3) is 10.0 Å². The minimum absolute atomic E-state index is 0.0213. The number of halogens is 1. The number of rotatable bonds is 4. The fourth-order valence-corrected chi connectivity index (χ4v) is 4.21. The van der Waals surface area contributed by atoms with Gasteiger partial charge in [0.05, 0.1) is 32.8 Å². The van der Waals surface area contributed by atoms with Crippen LogP contribution in [-0.2, 0) is 10.0 Å². The quantitative estimate of drug-likeness (QED) is 0.517. The molecule has 1 heterocycles. The van der Waals surface area contributed by atoms with E-state index in [2.05, 4.69) is 14.9 Å². The summed E-state index contributed by atoms with van der Waals surface area (Å²) < 4.78 is 27.8. The third kappa shape index (κ3) is 3.31. The Kier molecular flexibility index (Phi) is 4.51. The van der Waals surface area contributed by atoms with Gasteiger partial charge >= 0.3 is 0 Å². The molecule has 0 aliphatic rings. The average molecular weight is 409 g/mol. The second-order valence-electron chi connectivity index (χ2n) is 6.06. The van der Waals surface area contributed by atoms with E-state index in [-0.39, 0.29) is 10.5 Å². The number of nitrogens with one attached hydrogen (secondary N) is 2. The summed E-state index contributed by atoms with van der Waals surface area (Å²) in [4.78, 5) is 0.0213. The second kappa shape index (κ2) is 7.00. The number of aromatic nitrogens is 2. The maximum Gasteiger partial charge on any atom is 0.261 e. The molecule has 6 nitrogen and oxygen atoms in total. The molecule has 4 aromatic rings. The Morgan fingerprint density at radius 2 is 1.86 bits per heavy atom. The zero-order chi connectivity index (χ0) is 19.7. The van der Waals surface area contributed by atoms with E-state index in [1.165, 1.54) is 18.2 Å². The average Bonchev–Trinajstić information content (AvgIpc) is 3.11. The van der Waals surface area contributed by atoms with Crippen molar-refractivity contribution < 1.29 is 8.42 Å². The van der Waals surface area contributed by atoms with Gasteiger partial charge in [0.15, 0.2) is 0 Å². The second-order valence-corrected chi connectivity index (χ2v) is 8.15. The molecule has 0 aliphatic heterocycles. The maximum absolute atomic E-state index is 12.6. The maximum atomic E-state index is 12.6. The van der Waals surface area contributed by atoms with Gasteiger partial charge in [-0.1, -0.05) is 35.9 Å². The molecule has 1 aromatic heterocycles. The Balaban J connectivity index is 1.69. The summed E-state index contributed by atoms with van der Waals surface area (Å²) in [6, 6.07) is 20.2. The Morgan fingerprint density at radius 3 is 2.64 bits per heavy atom. The van der Waals surface area contributed by atoms with E-state index in [4.69, 9.17) is 16.9 Å². The summed E-state index contributed by atoms with van der Waals surface area (Å²) in [6.45, 7) is 0. The zero-order valence-electron chi connectivity index (χ0n) is 14.3. The van der Waals surface area contributed by atoms with E-state index >= 15 is 0 Å². The zero-order valence-corrected chi connectivity index (χ0v) is 15.9. The first-order chi connectivity index (χ1) is 13.5. The molecule has 0 saturated carbocycles. The first-order valence-corrected chi connectivity index (χ1v) is 10.1. The van der Waals surface area contributed by atoms with Crippen molar-refractivity contribution >= 4 is 38.2 Å². The molecule has 4 rings (SSSR count). The Hall–Kier alpha value is -3.34. The highest BCUT2D eigenvalue weighted by Gasteiger charge is 2.16. The predicted octanol–water partition coefficient (Wildman–Crippen LogP) is 4.56. The van der Waals surface area contributed by atoms with Crippen molar-refractivity contribution in [3.8, 4) is 17.3 Å². The number of nitriles is 1. The van der Waals surface area contributed by atoms with E-state index in [1.807, 2.05) is 24.3 Å². The molecule has 0 unspecified atom stereocenters. The fraction of sp³-hybridized carbons (Fsp3) is 0. The van der Waals surface area contributed by atoms with E-state index in [1.54, 1.807) is 30.3 Å². The van der Waals surface area contributed by atoms with Gasteiger partial charge in [-0.25, -0.2) is 8.42 Å². The lowest BCUT2D eigenvalue weighted by Gasteiger charge is -2.08. The number of sulfonamides is 1. The first kappa shape index (κ1) is 18.0. The van der Waals surface area contributed by atoms with Crippen LogP contribution in [0, 0.1) is 11.3 Å². The van der Waals surface area contributed by atoms with E-state index in [0.717, 1.165) is 10.9 Å². The van der Waals surface area contributed by atoms with Crippen LogP contribution in [0.5, 0.6) is 0 Å². The Morgan fingerprint density at radius 1 is 1.04 bits per heavy atom. The molecule has 0 bridgehead atoms. The normalized spacial score (nSPS) is 11.3. The Labute approximate surface area is 166 Å². The van der Waals surface area contributed by atoms with Crippen molar-refractivity contribution in [2.45, 2.75) is 4.90 Å². The lowest BCUT2D eigenvalue weighted by Crippen LogP contribution is -2.13. The lowest BCUT2D eigenvalue weighted by molar-refractivity contribution is 0.601. The van der Waals surface area contributed by atoms with Crippen molar-refractivity contribution in [1.29, 1.82) is 5.26 Å². The SMILES string of the molecule is N#Cc1cccc(S(=O)(=O)Nc2ccc3c(-c4ccccc4Cl)n[nH]c3c2)c1. The van der Waals surface area contributed by atoms with Crippen molar-refractivity contribution in [1.82, 2.24) is 10.2 Å². The number of nitrogens with zero attached hydrogens (tertiary/aromatic N) is 2. The van der Waals surface area contributed by atoms with Crippen LogP contribution in [-0.4, -0.2) is 18.6 Å². The molecule has 0 atom stereocenters. The van der Waals surface area contributed by atoms with E-state index in [9.17, 15) is 8.42 Å². The highest BCUT2D eigenvalue weighted by atomic mass is 35.5. The highest BCUT2D eigenvalue weighted by Crippen LogP contribution is 2.32. The molecule has 8 heteroatoms. The topological polar surface area (TPSA) is 98.6 Å². The molecule has 0 saturated heterocycles. The van der Waals surface area contributed by atoms with Crippen LogP contribution in [0.2, 0.25) is 5.02 Å². The summed E-state index contributed by atoms with van der Waals surface area (Å²) >= 11 is 6.26. The van der Waals surface area contributed by atoms with Gasteiger partial charge in [0.1, 0.15) is 5.69 Å². The summed E-state index contributed by atoms with van der Waals surface area (Å²) in [5.74, 6) is 0. The molecule has 0 fully saturated rings. The standard InChI is InChI=1S/C20H13ClN4O2S/c21-18-7-2-1-6-16(18)20-17-9-8-14(11-19(17)23-24-20)25-28(26,27)15-5-3-4-13(10-15)12-22/h1-11,25H,(H,23,24). The number of benzene rings is 3. The van der Waals surface area contributed by atoms with Gasteiger partial charge in [-0.05, 0) is 42.5 Å². The largest absolute Gasteiger partial charge is 0.280 e. The van der Waals surface area contributed by atoms with Crippen LogP contribution in [0.25, 0.3) is 22.2 Å². The molecular formula is C20H13ClN4O2S. The number of hydrogen-bond donors (Lipinski definition) is 2. The molecule has 0 spiro atoms.